The zero-order valence-corrected chi connectivity index (χ0v) is 33.4. The van der Waals surface area contributed by atoms with E-state index in [9.17, 15) is 14.7 Å². The average Bonchev–Trinajstić information content (AvgIpc) is 3.11. The van der Waals surface area contributed by atoms with Crippen LogP contribution in [0.3, 0.4) is 0 Å². The molecule has 0 radical (unpaired) electrons. The molecule has 0 fully saturated rings. The number of aromatic nitrogens is 4. The van der Waals surface area contributed by atoms with Gasteiger partial charge >= 0.3 is 12.2 Å². The molecule has 5 aromatic rings. The van der Waals surface area contributed by atoms with Crippen LogP contribution in [0.1, 0.15) is 97.1 Å². The first kappa shape index (κ1) is 44.1. The topological polar surface area (TPSA) is 193 Å². The number of amides is 2. The predicted octanol–water partition coefficient (Wildman–Crippen LogP) is 9.12. The summed E-state index contributed by atoms with van der Waals surface area (Å²) >= 11 is 0. The molecular formula is C42H53N7O7. The number of carbonyl (C=O) groups is 2. The van der Waals surface area contributed by atoms with Gasteiger partial charge in [-0.05, 0) is 115 Å². The molecule has 0 aliphatic heterocycles. The maximum Gasteiger partial charge on any atom is 0.408 e. The van der Waals surface area contributed by atoms with Gasteiger partial charge in [0.05, 0.1) is 24.5 Å². The number of ether oxygens (including phenoxy) is 4. The molecule has 0 aliphatic rings. The molecule has 0 saturated heterocycles. The second kappa shape index (κ2) is 21.0. The van der Waals surface area contributed by atoms with Crippen LogP contribution >= 0.6 is 0 Å². The van der Waals surface area contributed by atoms with Gasteiger partial charge in [-0.1, -0.05) is 36.4 Å². The summed E-state index contributed by atoms with van der Waals surface area (Å²) in [6.07, 6.45) is 8.52. The maximum absolute atomic E-state index is 11.8. The number of hydrogen-bond acceptors (Lipinski definition) is 12. The van der Waals surface area contributed by atoms with Crippen LogP contribution in [0, 0.1) is 0 Å². The van der Waals surface area contributed by atoms with E-state index in [0.29, 0.717) is 17.5 Å². The standard InChI is InChI=1S/C17H21N3O3.C13H19NO3.C12H13N3O/c1-12(20-16(21)23-17(2,3)4)13-6-5-7-14(10-13)22-15-11-18-8-9-19-15;1-9(10-6-5-7-11(15)8-10)14-12(16)17-13(2,3)4;1-9(13)10-3-2-4-11(7-10)16-12-8-14-5-6-15-12/h5-12H,1-4H3,(H,20,21);5-9,15H,1-4H3,(H,14,16);2-9H,13H2,1H3/t12-;2*9-/m000/s1. The molecule has 2 amide bonds. The maximum atomic E-state index is 11.8. The molecule has 298 valence electrons. The van der Waals surface area contributed by atoms with Crippen LogP contribution in [0.5, 0.6) is 29.0 Å². The molecule has 2 aromatic heterocycles. The van der Waals surface area contributed by atoms with Crippen molar-refractivity contribution in [2.75, 3.05) is 0 Å². The van der Waals surface area contributed by atoms with Crippen molar-refractivity contribution in [3.63, 3.8) is 0 Å². The van der Waals surface area contributed by atoms with E-state index in [0.717, 1.165) is 22.4 Å². The lowest BCUT2D eigenvalue weighted by atomic mass is 10.1. The first-order chi connectivity index (χ1) is 26.4. The Morgan fingerprint density at radius 1 is 0.625 bits per heavy atom. The van der Waals surface area contributed by atoms with Crippen LogP contribution in [-0.4, -0.2) is 48.4 Å². The Bertz CT molecular complexity index is 1950. The van der Waals surface area contributed by atoms with E-state index < -0.39 is 23.4 Å². The minimum absolute atomic E-state index is 0.00888. The minimum atomic E-state index is -0.527. The van der Waals surface area contributed by atoms with E-state index in [-0.39, 0.29) is 23.9 Å². The number of hydrogen-bond donors (Lipinski definition) is 4. The monoisotopic (exact) mass is 767 g/mol. The van der Waals surface area contributed by atoms with Crippen LogP contribution in [0.15, 0.2) is 110 Å². The molecular weight excluding hydrogens is 715 g/mol. The molecule has 5 rings (SSSR count). The van der Waals surface area contributed by atoms with Crippen molar-refractivity contribution in [2.24, 2.45) is 5.73 Å². The molecule has 0 aliphatic carbocycles. The van der Waals surface area contributed by atoms with Crippen molar-refractivity contribution in [1.29, 1.82) is 0 Å². The van der Waals surface area contributed by atoms with Crippen LogP contribution in [-0.2, 0) is 9.47 Å². The Morgan fingerprint density at radius 2 is 1.04 bits per heavy atom. The molecule has 2 heterocycles. The van der Waals surface area contributed by atoms with Crippen LogP contribution in [0.25, 0.3) is 0 Å². The Kier molecular flexibility index (Phi) is 16.5. The van der Waals surface area contributed by atoms with Crippen molar-refractivity contribution in [3.05, 3.63) is 127 Å². The SMILES string of the molecule is C[C@H](N)c1cccc(Oc2cnccn2)c1.C[C@H](NC(=O)OC(C)(C)C)c1cccc(O)c1.C[C@H](NC(=O)OC(C)(C)C)c1cccc(Oc2cnccn2)c1. The summed E-state index contributed by atoms with van der Waals surface area (Å²) in [5, 5.41) is 14.8. The molecule has 14 nitrogen and oxygen atoms in total. The third-order valence-corrected chi connectivity index (χ3v) is 7.10. The molecule has 5 N–H and O–H groups in total. The molecule has 3 atom stereocenters. The number of carbonyl (C=O) groups excluding carboxylic acids is 2. The summed E-state index contributed by atoms with van der Waals surface area (Å²) in [5.41, 5.74) is 7.51. The van der Waals surface area contributed by atoms with Gasteiger partial charge in [0.2, 0.25) is 11.8 Å². The first-order valence-electron chi connectivity index (χ1n) is 18.0. The summed E-state index contributed by atoms with van der Waals surface area (Å²) in [5.74, 6) is 2.42. The van der Waals surface area contributed by atoms with Gasteiger partial charge in [-0.2, -0.15) is 0 Å². The number of benzene rings is 3. The lowest BCUT2D eigenvalue weighted by Gasteiger charge is -2.22. The zero-order valence-electron chi connectivity index (χ0n) is 33.4. The highest BCUT2D eigenvalue weighted by Gasteiger charge is 2.19. The van der Waals surface area contributed by atoms with E-state index in [1.54, 1.807) is 49.2 Å². The molecule has 14 heteroatoms. The van der Waals surface area contributed by atoms with Crippen LogP contribution < -0.4 is 25.8 Å². The normalized spacial score (nSPS) is 12.5. The first-order valence-corrected chi connectivity index (χ1v) is 18.0. The molecule has 56 heavy (non-hydrogen) atoms. The Morgan fingerprint density at radius 3 is 1.43 bits per heavy atom. The largest absolute Gasteiger partial charge is 0.508 e. The molecule has 0 spiro atoms. The van der Waals surface area contributed by atoms with Crippen molar-refractivity contribution in [3.8, 4) is 29.0 Å². The third-order valence-electron chi connectivity index (χ3n) is 7.10. The quantitative estimate of drug-likeness (QED) is 0.111. The minimum Gasteiger partial charge on any atom is -0.508 e. The van der Waals surface area contributed by atoms with Crippen LogP contribution in [0.2, 0.25) is 0 Å². The molecule has 0 unspecified atom stereocenters. The lowest BCUT2D eigenvalue weighted by molar-refractivity contribution is 0.0496. The van der Waals surface area contributed by atoms with E-state index >= 15 is 0 Å². The summed E-state index contributed by atoms with van der Waals surface area (Å²) < 4.78 is 21.6. The fraction of sp³-hybridized carbons (Fsp3) is 0.333. The van der Waals surface area contributed by atoms with Gasteiger partial charge in [0.25, 0.3) is 0 Å². The fourth-order valence-electron chi connectivity index (χ4n) is 4.56. The number of nitrogens with zero attached hydrogens (tertiary/aromatic N) is 4. The second-order valence-electron chi connectivity index (χ2n) is 14.6. The fourth-order valence-corrected chi connectivity index (χ4v) is 4.56. The second-order valence-corrected chi connectivity index (χ2v) is 14.6. The van der Waals surface area contributed by atoms with Crippen LogP contribution in [0.4, 0.5) is 9.59 Å². The van der Waals surface area contributed by atoms with Gasteiger partial charge in [-0.25, -0.2) is 19.6 Å². The Balaban J connectivity index is 0.000000230. The van der Waals surface area contributed by atoms with Crippen molar-refractivity contribution in [1.82, 2.24) is 30.6 Å². The number of nitrogens with two attached hydrogens (primary N) is 1. The highest BCUT2D eigenvalue weighted by molar-refractivity contribution is 5.68. The summed E-state index contributed by atoms with van der Waals surface area (Å²) in [4.78, 5) is 39.3. The molecule has 0 bridgehead atoms. The number of alkyl carbamates (subject to hydrolysis) is 2. The zero-order chi connectivity index (χ0) is 41.3. The summed E-state index contributed by atoms with van der Waals surface area (Å²) in [6.45, 7) is 16.6. The van der Waals surface area contributed by atoms with Crippen molar-refractivity contribution < 1.29 is 33.6 Å². The summed E-state index contributed by atoms with van der Waals surface area (Å²) in [7, 11) is 0. The highest BCUT2D eigenvalue weighted by Crippen LogP contribution is 2.24. The van der Waals surface area contributed by atoms with Gasteiger partial charge in [0.15, 0.2) is 0 Å². The van der Waals surface area contributed by atoms with Gasteiger partial charge in [0.1, 0.15) is 28.5 Å². The van der Waals surface area contributed by atoms with E-state index in [2.05, 4.69) is 30.6 Å². The third kappa shape index (κ3) is 17.2. The molecule has 0 saturated carbocycles. The molecule has 3 aromatic carbocycles. The van der Waals surface area contributed by atoms with Gasteiger partial charge in [0, 0.05) is 30.8 Å². The van der Waals surface area contributed by atoms with Crippen molar-refractivity contribution >= 4 is 12.2 Å². The number of phenolic OH excluding ortho intramolecular Hbond substituents is 1. The van der Waals surface area contributed by atoms with Gasteiger partial charge in [-0.15, -0.1) is 0 Å². The Hall–Kier alpha value is -6.28. The average molecular weight is 768 g/mol. The highest BCUT2D eigenvalue weighted by atomic mass is 16.6. The predicted molar refractivity (Wildman–Crippen MR) is 213 cm³/mol. The number of rotatable bonds is 9. The number of phenols is 1. The van der Waals surface area contributed by atoms with E-state index in [1.807, 2.05) is 117 Å². The van der Waals surface area contributed by atoms with Crippen molar-refractivity contribution in [2.45, 2.75) is 91.6 Å². The summed E-state index contributed by atoms with van der Waals surface area (Å²) in [6, 6.07) is 21.4. The van der Waals surface area contributed by atoms with Gasteiger partial charge in [-0.3, -0.25) is 9.97 Å². The van der Waals surface area contributed by atoms with Gasteiger partial charge < -0.3 is 40.4 Å². The smallest absolute Gasteiger partial charge is 0.408 e. The van der Waals surface area contributed by atoms with E-state index in [4.69, 9.17) is 24.7 Å². The number of aromatic hydroxyl groups is 1. The number of nitrogens with one attached hydrogen (secondary N) is 2. The van der Waals surface area contributed by atoms with E-state index in [1.165, 1.54) is 6.20 Å². The lowest BCUT2D eigenvalue weighted by Crippen LogP contribution is -2.34. The Labute approximate surface area is 328 Å².